The first-order chi connectivity index (χ1) is 9.22. The molecule has 19 heavy (non-hydrogen) atoms. The molecule has 4 nitrogen and oxygen atoms in total. The van der Waals surface area contributed by atoms with E-state index in [1.807, 2.05) is 30.0 Å². The molecule has 0 aliphatic carbocycles. The Balaban J connectivity index is 2.17. The number of para-hydroxylation sites is 1. The van der Waals surface area contributed by atoms with Crippen molar-refractivity contribution in [2.24, 2.45) is 5.73 Å². The van der Waals surface area contributed by atoms with Gasteiger partial charge in [0.1, 0.15) is 11.9 Å². The quantitative estimate of drug-likeness (QED) is 0.864. The van der Waals surface area contributed by atoms with E-state index in [4.69, 9.17) is 10.5 Å². The highest BCUT2D eigenvalue weighted by Gasteiger charge is 2.23. The van der Waals surface area contributed by atoms with E-state index >= 15 is 0 Å². The molecule has 1 aliphatic heterocycles. The van der Waals surface area contributed by atoms with Crippen LogP contribution in [-0.2, 0) is 4.79 Å². The highest BCUT2D eigenvalue weighted by atomic mass is 32.2. The SMILES string of the molecule is NCC(C(=O)O)c1ccccc1OC1CCCSC1. The van der Waals surface area contributed by atoms with Crippen molar-refractivity contribution < 1.29 is 14.6 Å². The molecule has 104 valence electrons. The Hall–Kier alpha value is -1.20. The summed E-state index contributed by atoms with van der Waals surface area (Å²) in [4.78, 5) is 11.2. The Kier molecular flexibility index (Phi) is 5.10. The molecular formula is C14H19NO3S. The average molecular weight is 281 g/mol. The standard InChI is InChI=1S/C14H19NO3S/c15-8-12(14(16)17)11-5-1-2-6-13(11)18-10-4-3-7-19-9-10/h1-2,5-6,10,12H,3-4,7-9,15H2,(H,16,17). The maximum absolute atomic E-state index is 11.2. The number of carboxylic acids is 1. The number of carbonyl (C=O) groups is 1. The van der Waals surface area contributed by atoms with Gasteiger partial charge in [-0.15, -0.1) is 0 Å². The van der Waals surface area contributed by atoms with Crippen LogP contribution in [0.5, 0.6) is 5.75 Å². The van der Waals surface area contributed by atoms with Gasteiger partial charge in [0.2, 0.25) is 0 Å². The molecule has 1 saturated heterocycles. The van der Waals surface area contributed by atoms with Crippen LogP contribution < -0.4 is 10.5 Å². The number of nitrogens with two attached hydrogens (primary N) is 1. The van der Waals surface area contributed by atoms with Gasteiger partial charge in [-0.25, -0.2) is 0 Å². The Morgan fingerprint density at radius 2 is 2.32 bits per heavy atom. The number of benzene rings is 1. The zero-order chi connectivity index (χ0) is 13.7. The van der Waals surface area contributed by atoms with Gasteiger partial charge in [0, 0.05) is 17.9 Å². The molecular weight excluding hydrogens is 262 g/mol. The van der Waals surface area contributed by atoms with E-state index in [9.17, 15) is 9.90 Å². The van der Waals surface area contributed by atoms with E-state index in [0.29, 0.717) is 11.3 Å². The summed E-state index contributed by atoms with van der Waals surface area (Å²) in [5.74, 6) is 1.20. The van der Waals surface area contributed by atoms with E-state index < -0.39 is 11.9 Å². The number of aliphatic carboxylic acids is 1. The Labute approximate surface area is 117 Å². The third-order valence-electron chi connectivity index (χ3n) is 3.24. The molecule has 1 aromatic rings. The molecule has 5 heteroatoms. The molecule has 0 radical (unpaired) electrons. The van der Waals surface area contributed by atoms with Crippen molar-refractivity contribution >= 4 is 17.7 Å². The predicted molar refractivity (Wildman–Crippen MR) is 76.8 cm³/mol. The molecule has 0 saturated carbocycles. The molecule has 0 aromatic heterocycles. The number of thioether (sulfide) groups is 1. The second-order valence-corrected chi connectivity index (χ2v) is 5.77. The summed E-state index contributed by atoms with van der Waals surface area (Å²) in [5, 5.41) is 9.22. The molecule has 3 N–H and O–H groups in total. The molecule has 2 rings (SSSR count). The predicted octanol–water partition coefficient (Wildman–Crippen LogP) is 2.09. The van der Waals surface area contributed by atoms with Gasteiger partial charge in [0.25, 0.3) is 0 Å². The van der Waals surface area contributed by atoms with E-state index in [2.05, 4.69) is 0 Å². The minimum Gasteiger partial charge on any atom is -0.489 e. The first kappa shape index (κ1) is 14.2. The molecule has 1 fully saturated rings. The van der Waals surface area contributed by atoms with Gasteiger partial charge >= 0.3 is 5.97 Å². The van der Waals surface area contributed by atoms with Gasteiger partial charge in [-0.3, -0.25) is 4.79 Å². The van der Waals surface area contributed by atoms with Crippen LogP contribution in [0, 0.1) is 0 Å². The van der Waals surface area contributed by atoms with Crippen LogP contribution in [0.15, 0.2) is 24.3 Å². The summed E-state index contributed by atoms with van der Waals surface area (Å²) >= 11 is 1.88. The topological polar surface area (TPSA) is 72.6 Å². The maximum Gasteiger partial charge on any atom is 0.312 e. The van der Waals surface area contributed by atoms with Crippen molar-refractivity contribution in [1.29, 1.82) is 0 Å². The largest absolute Gasteiger partial charge is 0.489 e. The molecule has 1 aromatic carbocycles. The van der Waals surface area contributed by atoms with Crippen molar-refractivity contribution in [2.45, 2.75) is 24.9 Å². The molecule has 0 bridgehead atoms. The Bertz CT molecular complexity index is 432. The van der Waals surface area contributed by atoms with Crippen LogP contribution in [0.4, 0.5) is 0 Å². The lowest BCUT2D eigenvalue weighted by Gasteiger charge is -2.25. The fourth-order valence-corrected chi connectivity index (χ4v) is 3.26. The van der Waals surface area contributed by atoms with Crippen molar-refractivity contribution in [3.63, 3.8) is 0 Å². The summed E-state index contributed by atoms with van der Waals surface area (Å²) in [6.45, 7) is 0.0785. The highest BCUT2D eigenvalue weighted by molar-refractivity contribution is 7.99. The van der Waals surface area contributed by atoms with Crippen LogP contribution >= 0.6 is 11.8 Å². The third kappa shape index (κ3) is 3.64. The zero-order valence-electron chi connectivity index (χ0n) is 10.7. The first-order valence-electron chi connectivity index (χ1n) is 6.48. The van der Waals surface area contributed by atoms with Gasteiger partial charge in [-0.05, 0) is 24.7 Å². The van der Waals surface area contributed by atoms with E-state index in [1.54, 1.807) is 6.07 Å². The van der Waals surface area contributed by atoms with E-state index in [0.717, 1.165) is 18.6 Å². The maximum atomic E-state index is 11.2. The van der Waals surface area contributed by atoms with Crippen LogP contribution in [0.3, 0.4) is 0 Å². The van der Waals surface area contributed by atoms with Gasteiger partial charge in [0.15, 0.2) is 0 Å². The van der Waals surface area contributed by atoms with Crippen LogP contribution in [-0.4, -0.2) is 35.2 Å². The fourth-order valence-electron chi connectivity index (χ4n) is 2.22. The minimum absolute atomic E-state index is 0.0785. The smallest absolute Gasteiger partial charge is 0.312 e. The number of carboxylic acid groups (broad SMARTS) is 1. The van der Waals surface area contributed by atoms with Crippen LogP contribution in [0.2, 0.25) is 0 Å². The number of rotatable bonds is 5. The first-order valence-corrected chi connectivity index (χ1v) is 7.64. The van der Waals surface area contributed by atoms with Crippen molar-refractivity contribution in [1.82, 2.24) is 0 Å². The monoisotopic (exact) mass is 281 g/mol. The molecule has 2 atom stereocenters. The zero-order valence-corrected chi connectivity index (χ0v) is 11.6. The van der Waals surface area contributed by atoms with Gasteiger partial charge in [-0.1, -0.05) is 18.2 Å². The van der Waals surface area contributed by atoms with E-state index in [1.165, 1.54) is 5.75 Å². The minimum atomic E-state index is -0.906. The average Bonchev–Trinajstić information content (AvgIpc) is 2.42. The summed E-state index contributed by atoms with van der Waals surface area (Å²) in [6.07, 6.45) is 2.35. The second-order valence-electron chi connectivity index (χ2n) is 4.62. The lowest BCUT2D eigenvalue weighted by molar-refractivity contribution is -0.138. The lowest BCUT2D eigenvalue weighted by Crippen LogP contribution is -2.26. The Morgan fingerprint density at radius 1 is 1.53 bits per heavy atom. The van der Waals surface area contributed by atoms with Crippen molar-refractivity contribution in [3.05, 3.63) is 29.8 Å². The summed E-state index contributed by atoms with van der Waals surface area (Å²) in [5.41, 5.74) is 6.24. The normalized spacial score (nSPS) is 20.8. The lowest BCUT2D eigenvalue weighted by atomic mass is 9.98. The highest BCUT2D eigenvalue weighted by Crippen LogP contribution is 2.29. The summed E-state index contributed by atoms with van der Waals surface area (Å²) in [7, 11) is 0. The summed E-state index contributed by atoms with van der Waals surface area (Å²) in [6, 6.07) is 7.31. The molecule has 1 aliphatic rings. The Morgan fingerprint density at radius 3 is 2.95 bits per heavy atom. The summed E-state index contributed by atoms with van der Waals surface area (Å²) < 4.78 is 5.98. The molecule has 1 heterocycles. The fraction of sp³-hybridized carbons (Fsp3) is 0.500. The second kappa shape index (κ2) is 6.82. The molecule has 0 spiro atoms. The van der Waals surface area contributed by atoms with Crippen LogP contribution in [0.1, 0.15) is 24.3 Å². The van der Waals surface area contributed by atoms with Crippen molar-refractivity contribution in [3.8, 4) is 5.75 Å². The van der Waals surface area contributed by atoms with Crippen LogP contribution in [0.25, 0.3) is 0 Å². The van der Waals surface area contributed by atoms with Gasteiger partial charge in [0.05, 0.1) is 5.92 Å². The number of ether oxygens (including phenoxy) is 1. The van der Waals surface area contributed by atoms with Gasteiger partial charge in [-0.2, -0.15) is 11.8 Å². The molecule has 2 unspecified atom stereocenters. The number of hydrogen-bond acceptors (Lipinski definition) is 4. The van der Waals surface area contributed by atoms with Crippen molar-refractivity contribution in [2.75, 3.05) is 18.1 Å². The molecule has 0 amide bonds. The number of hydrogen-bond donors (Lipinski definition) is 2. The van der Waals surface area contributed by atoms with Gasteiger partial charge < -0.3 is 15.6 Å². The van der Waals surface area contributed by atoms with E-state index in [-0.39, 0.29) is 12.6 Å². The third-order valence-corrected chi connectivity index (χ3v) is 4.43.